The fourth-order valence-corrected chi connectivity index (χ4v) is 5.30. The number of aryl methyl sites for hydroxylation is 1. The van der Waals surface area contributed by atoms with Crippen LogP contribution in [-0.2, 0) is 27.4 Å². The van der Waals surface area contributed by atoms with E-state index < -0.39 is 11.9 Å². The Balaban J connectivity index is 1.68. The quantitative estimate of drug-likeness (QED) is 0.286. The number of carbonyl (C=O) groups excluding carboxylic acids is 3. The van der Waals surface area contributed by atoms with Gasteiger partial charge in [-0.05, 0) is 50.1 Å². The molecule has 0 saturated carbocycles. The molecule has 1 amide bonds. The maximum absolute atomic E-state index is 12.7. The monoisotopic (exact) mass is 552 g/mol. The first kappa shape index (κ1) is 27.5. The Morgan fingerprint density at radius 1 is 1.14 bits per heavy atom. The number of halogens is 1. The summed E-state index contributed by atoms with van der Waals surface area (Å²) in [4.78, 5) is 37.2. The molecular weight excluding hydrogens is 528 g/mol. The number of thiophene rings is 1. The second kappa shape index (κ2) is 12.2. The maximum atomic E-state index is 12.7. The molecular formula is C23H25ClN4O6S2. The van der Waals surface area contributed by atoms with Crippen molar-refractivity contribution in [2.45, 2.75) is 39.1 Å². The van der Waals surface area contributed by atoms with Gasteiger partial charge in [0, 0.05) is 11.6 Å². The van der Waals surface area contributed by atoms with Crippen molar-refractivity contribution in [3.63, 3.8) is 0 Å². The van der Waals surface area contributed by atoms with Gasteiger partial charge in [0.25, 0.3) is 0 Å². The van der Waals surface area contributed by atoms with Crippen LogP contribution in [0.15, 0.2) is 23.4 Å². The highest BCUT2D eigenvalue weighted by atomic mass is 35.5. The van der Waals surface area contributed by atoms with Crippen molar-refractivity contribution >= 4 is 57.5 Å². The molecule has 0 bridgehead atoms. The molecule has 1 aromatic carbocycles. The van der Waals surface area contributed by atoms with E-state index in [0.29, 0.717) is 33.9 Å². The van der Waals surface area contributed by atoms with E-state index in [1.807, 2.05) is 24.5 Å². The molecule has 36 heavy (non-hydrogen) atoms. The number of thioether (sulfide) groups is 1. The van der Waals surface area contributed by atoms with Gasteiger partial charge in [-0.3, -0.25) is 4.79 Å². The minimum absolute atomic E-state index is 0.000483. The first-order valence-corrected chi connectivity index (χ1v) is 12.9. The van der Waals surface area contributed by atoms with Gasteiger partial charge in [0.2, 0.25) is 5.91 Å². The lowest BCUT2D eigenvalue weighted by Crippen LogP contribution is -2.16. The molecule has 13 heteroatoms. The van der Waals surface area contributed by atoms with Crippen molar-refractivity contribution in [2.75, 3.05) is 25.3 Å². The lowest BCUT2D eigenvalue weighted by Gasteiger charge is -2.10. The summed E-state index contributed by atoms with van der Waals surface area (Å²) in [6, 6.07) is 5.39. The largest absolute Gasteiger partial charge is 0.486 e. The van der Waals surface area contributed by atoms with Crippen LogP contribution in [0.25, 0.3) is 0 Å². The Kier molecular flexibility index (Phi) is 9.35. The third kappa shape index (κ3) is 6.18. The van der Waals surface area contributed by atoms with E-state index >= 15 is 0 Å². The molecule has 0 fully saturated rings. The number of nitrogens with zero attached hydrogens (tertiary/aromatic N) is 3. The molecule has 2 aromatic heterocycles. The molecule has 0 aliphatic rings. The number of carbonyl (C=O) groups is 3. The molecule has 0 aliphatic carbocycles. The van der Waals surface area contributed by atoms with Gasteiger partial charge < -0.3 is 24.1 Å². The van der Waals surface area contributed by atoms with Crippen LogP contribution in [0, 0.1) is 13.8 Å². The number of hydrogen-bond acceptors (Lipinski definition) is 10. The Labute approximate surface area is 221 Å². The summed E-state index contributed by atoms with van der Waals surface area (Å²) >= 11 is 8.21. The van der Waals surface area contributed by atoms with Crippen molar-refractivity contribution < 1.29 is 28.6 Å². The molecule has 192 valence electrons. The van der Waals surface area contributed by atoms with Gasteiger partial charge in [-0.1, -0.05) is 23.4 Å². The number of ether oxygens (including phenoxy) is 3. The lowest BCUT2D eigenvalue weighted by molar-refractivity contribution is -0.113. The molecule has 2 heterocycles. The van der Waals surface area contributed by atoms with Gasteiger partial charge in [0.05, 0.1) is 25.5 Å². The summed E-state index contributed by atoms with van der Waals surface area (Å²) in [5, 5.41) is 12.5. The average Bonchev–Trinajstić information content (AvgIpc) is 3.42. The van der Waals surface area contributed by atoms with Gasteiger partial charge in [-0.15, -0.1) is 21.5 Å². The van der Waals surface area contributed by atoms with Crippen molar-refractivity contribution in [2.24, 2.45) is 0 Å². The number of aromatic nitrogens is 3. The van der Waals surface area contributed by atoms with Crippen LogP contribution in [0.4, 0.5) is 5.00 Å². The highest BCUT2D eigenvalue weighted by Gasteiger charge is 2.27. The topological polar surface area (TPSA) is 122 Å². The zero-order chi connectivity index (χ0) is 26.4. The van der Waals surface area contributed by atoms with Crippen LogP contribution in [0.5, 0.6) is 5.75 Å². The van der Waals surface area contributed by atoms with Gasteiger partial charge in [0.15, 0.2) is 11.0 Å². The summed E-state index contributed by atoms with van der Waals surface area (Å²) < 4.78 is 17.3. The van der Waals surface area contributed by atoms with E-state index in [2.05, 4.69) is 15.5 Å². The average molecular weight is 553 g/mol. The summed E-state index contributed by atoms with van der Waals surface area (Å²) in [5.41, 5.74) is 1.41. The molecule has 0 atom stereocenters. The van der Waals surface area contributed by atoms with E-state index in [4.69, 9.17) is 25.8 Å². The van der Waals surface area contributed by atoms with Crippen LogP contribution in [-0.4, -0.2) is 52.6 Å². The Morgan fingerprint density at radius 2 is 1.86 bits per heavy atom. The molecule has 1 N–H and O–H groups in total. The highest BCUT2D eigenvalue weighted by molar-refractivity contribution is 7.99. The predicted molar refractivity (Wildman–Crippen MR) is 137 cm³/mol. The second-order valence-corrected chi connectivity index (χ2v) is 9.79. The van der Waals surface area contributed by atoms with Crippen molar-refractivity contribution in [1.29, 1.82) is 0 Å². The third-order valence-electron chi connectivity index (χ3n) is 5.10. The number of benzene rings is 1. The zero-order valence-electron chi connectivity index (χ0n) is 20.3. The number of rotatable bonds is 10. The predicted octanol–water partition coefficient (Wildman–Crippen LogP) is 4.51. The van der Waals surface area contributed by atoms with Crippen molar-refractivity contribution in [1.82, 2.24) is 14.8 Å². The van der Waals surface area contributed by atoms with E-state index in [-0.39, 0.29) is 33.7 Å². The molecule has 0 unspecified atom stereocenters. The van der Waals surface area contributed by atoms with Gasteiger partial charge in [0.1, 0.15) is 22.2 Å². The minimum atomic E-state index is -0.659. The van der Waals surface area contributed by atoms with E-state index in [0.717, 1.165) is 16.9 Å². The second-order valence-electron chi connectivity index (χ2n) is 7.42. The molecule has 10 nitrogen and oxygen atoms in total. The van der Waals surface area contributed by atoms with Gasteiger partial charge in [-0.2, -0.15) is 0 Å². The number of anilines is 1. The molecule has 3 rings (SSSR count). The van der Waals surface area contributed by atoms with Gasteiger partial charge in [-0.25, -0.2) is 9.59 Å². The van der Waals surface area contributed by atoms with Crippen LogP contribution >= 0.6 is 34.7 Å². The fraction of sp³-hybridized carbons (Fsp3) is 0.348. The van der Waals surface area contributed by atoms with Crippen molar-refractivity contribution in [3.05, 3.63) is 50.6 Å². The number of nitrogens with one attached hydrogen (secondary N) is 1. The Hall–Kier alpha value is -3.09. The fourth-order valence-electron chi connectivity index (χ4n) is 3.23. The van der Waals surface area contributed by atoms with Crippen LogP contribution in [0.3, 0.4) is 0 Å². The standard InChI is InChI=1S/C23H25ClN4O6S2/c1-6-28-16(10-34-14-7-8-15(24)12(2)9-14)26-27-23(28)35-11-17(29)25-20-18(21(30)32-4)13(3)19(36-20)22(31)33-5/h7-9H,6,10-11H2,1-5H3,(H,25,29). The smallest absolute Gasteiger partial charge is 0.348 e. The van der Waals surface area contributed by atoms with E-state index in [9.17, 15) is 14.4 Å². The molecule has 0 spiro atoms. The Morgan fingerprint density at radius 3 is 2.50 bits per heavy atom. The molecule has 0 saturated heterocycles. The number of amides is 1. The number of methoxy groups -OCH3 is 2. The number of hydrogen-bond donors (Lipinski definition) is 1. The van der Waals surface area contributed by atoms with E-state index in [1.165, 1.54) is 26.0 Å². The SMILES string of the molecule is CCn1c(COc2ccc(Cl)c(C)c2)nnc1SCC(=O)Nc1sc(C(=O)OC)c(C)c1C(=O)OC. The zero-order valence-corrected chi connectivity index (χ0v) is 22.7. The Bertz CT molecular complexity index is 1290. The number of esters is 2. The summed E-state index contributed by atoms with van der Waals surface area (Å²) in [6.45, 7) is 6.20. The summed E-state index contributed by atoms with van der Waals surface area (Å²) in [6.07, 6.45) is 0. The molecule has 3 aromatic rings. The van der Waals surface area contributed by atoms with Gasteiger partial charge >= 0.3 is 11.9 Å². The minimum Gasteiger partial charge on any atom is -0.486 e. The molecule has 0 aliphatic heterocycles. The third-order valence-corrected chi connectivity index (χ3v) is 7.68. The van der Waals surface area contributed by atoms with Crippen LogP contribution in [0.1, 0.15) is 43.9 Å². The highest BCUT2D eigenvalue weighted by Crippen LogP contribution is 2.34. The maximum Gasteiger partial charge on any atom is 0.348 e. The van der Waals surface area contributed by atoms with Crippen molar-refractivity contribution in [3.8, 4) is 5.75 Å². The summed E-state index contributed by atoms with van der Waals surface area (Å²) in [7, 11) is 2.47. The van der Waals surface area contributed by atoms with E-state index in [1.54, 1.807) is 19.1 Å². The molecule has 0 radical (unpaired) electrons. The first-order chi connectivity index (χ1) is 17.2. The first-order valence-electron chi connectivity index (χ1n) is 10.7. The van der Waals surface area contributed by atoms with Crippen LogP contribution < -0.4 is 10.1 Å². The normalized spacial score (nSPS) is 10.7. The van der Waals surface area contributed by atoms with Crippen LogP contribution in [0.2, 0.25) is 5.02 Å². The summed E-state index contributed by atoms with van der Waals surface area (Å²) in [5.74, 6) is -0.374. The lowest BCUT2D eigenvalue weighted by atomic mass is 10.1.